The van der Waals surface area contributed by atoms with Gasteiger partial charge in [-0.1, -0.05) is 31.7 Å². The van der Waals surface area contributed by atoms with Crippen LogP contribution in [0.3, 0.4) is 0 Å². The van der Waals surface area contributed by atoms with E-state index in [0.717, 1.165) is 43.6 Å². The van der Waals surface area contributed by atoms with Gasteiger partial charge in [0.15, 0.2) is 0 Å². The number of halogens is 4. The lowest BCUT2D eigenvalue weighted by molar-refractivity contribution is -0.121. The first-order valence-electron chi connectivity index (χ1n) is 11.8. The Morgan fingerprint density at radius 1 is 0.833 bits per heavy atom. The molecule has 0 aromatic heterocycles. The quantitative estimate of drug-likeness (QED) is 0.380. The normalized spacial score (nSPS) is 16.2. The van der Waals surface area contributed by atoms with Crippen LogP contribution in [0.5, 0.6) is 0 Å². The first-order chi connectivity index (χ1) is 16.9. The van der Waals surface area contributed by atoms with Crippen molar-refractivity contribution in [2.24, 2.45) is 5.73 Å². The zero-order chi connectivity index (χ0) is 26.1. The van der Waals surface area contributed by atoms with E-state index in [1.165, 1.54) is 50.2 Å². The molecular formula is C27H42F2I2N4O. The fourth-order valence-electron chi connectivity index (χ4n) is 3.57. The molecule has 2 aromatic carbocycles. The molecule has 0 unspecified atom stereocenters. The third-order valence-electron chi connectivity index (χ3n) is 5.92. The van der Waals surface area contributed by atoms with E-state index in [2.05, 4.69) is 59.4 Å². The Morgan fingerprint density at radius 3 is 1.67 bits per heavy atom. The van der Waals surface area contributed by atoms with Crippen molar-refractivity contribution < 1.29 is 13.6 Å². The number of carbonyl (C=O) groups is 1. The van der Waals surface area contributed by atoms with E-state index in [1.54, 1.807) is 12.1 Å². The average molecular weight is 730 g/mol. The minimum absolute atomic E-state index is 0. The molecule has 2 aliphatic rings. The van der Waals surface area contributed by atoms with Crippen molar-refractivity contribution in [3.8, 4) is 0 Å². The first kappa shape index (κ1) is 35.3. The highest BCUT2D eigenvalue weighted by atomic mass is 128. The maximum Gasteiger partial charge on any atom is 0.135 e. The second kappa shape index (κ2) is 21.2. The van der Waals surface area contributed by atoms with Crippen molar-refractivity contribution in [3.05, 3.63) is 71.3 Å². The van der Waals surface area contributed by atoms with Crippen LogP contribution in [0.25, 0.3) is 0 Å². The van der Waals surface area contributed by atoms with Crippen molar-refractivity contribution in [1.29, 1.82) is 0 Å². The molecule has 4 rings (SSSR count). The predicted octanol–water partition coefficient (Wildman–Crippen LogP) is 5.98. The lowest BCUT2D eigenvalue weighted by Crippen LogP contribution is -2.40. The number of hydrogen-bond acceptors (Lipinski definition) is 5. The number of Topliss-reactive ketones (excluding diaryl/α,β-unsaturated/α-hetero) is 1. The summed E-state index contributed by atoms with van der Waals surface area (Å²) in [5.74, 6) is 0.0401. The molecule has 9 heteroatoms. The summed E-state index contributed by atoms with van der Waals surface area (Å²) in [5.41, 5.74) is 7.39. The summed E-state index contributed by atoms with van der Waals surface area (Å²) in [7, 11) is 4.21. The molecule has 3 N–H and O–H groups in total. The fraction of sp³-hybridized carbons (Fsp3) is 0.519. The molecule has 2 fully saturated rings. The van der Waals surface area contributed by atoms with Gasteiger partial charge in [0, 0.05) is 82.3 Å². The number of benzene rings is 2. The fourth-order valence-corrected chi connectivity index (χ4v) is 3.57. The van der Waals surface area contributed by atoms with E-state index >= 15 is 0 Å². The maximum absolute atomic E-state index is 12.7. The summed E-state index contributed by atoms with van der Waals surface area (Å²) in [6.07, 6.45) is 3.93. The minimum atomic E-state index is -0.216. The van der Waals surface area contributed by atoms with Gasteiger partial charge in [-0.2, -0.15) is 0 Å². The topological polar surface area (TPSA) is 61.6 Å². The van der Waals surface area contributed by atoms with E-state index in [9.17, 15) is 13.6 Å². The van der Waals surface area contributed by atoms with E-state index in [1.807, 2.05) is 19.2 Å². The number of hydrogen-bond donors (Lipinski definition) is 2. The Bertz CT molecular complexity index is 808. The van der Waals surface area contributed by atoms with Crippen LogP contribution >= 0.6 is 37.2 Å². The number of carbonyl (C=O) groups excluding carboxylic acids is 1. The molecule has 0 amide bonds. The highest BCUT2D eigenvalue weighted by Crippen LogP contribution is 2.10. The number of likely N-dealkylation sites (tertiary alicyclic amines) is 2. The van der Waals surface area contributed by atoms with Gasteiger partial charge in [-0.25, -0.2) is 8.78 Å². The Kier molecular flexibility index (Phi) is 20.8. The second-order valence-electron chi connectivity index (χ2n) is 8.76. The molecule has 2 saturated heterocycles. The van der Waals surface area contributed by atoms with Crippen LogP contribution in [0.15, 0.2) is 48.5 Å². The van der Waals surface area contributed by atoms with Gasteiger partial charge < -0.3 is 20.9 Å². The number of nitrogens with zero attached hydrogens (tertiary/aromatic N) is 2. The number of nitrogens with two attached hydrogens (primary N) is 1. The van der Waals surface area contributed by atoms with Crippen LogP contribution in [-0.2, 0) is 17.9 Å². The molecule has 204 valence electrons. The lowest BCUT2D eigenvalue weighted by Gasteiger charge is -2.29. The molecule has 0 aliphatic carbocycles. The zero-order valence-corrected chi connectivity index (χ0v) is 25.0. The first-order valence-corrected chi connectivity index (χ1v) is 18.1. The monoisotopic (exact) mass is 730 g/mol. The summed E-state index contributed by atoms with van der Waals surface area (Å²) in [5, 5.41) is 3.53. The molecule has 2 aliphatic heterocycles. The van der Waals surface area contributed by atoms with Gasteiger partial charge in [-0.05, 0) is 75.4 Å². The summed E-state index contributed by atoms with van der Waals surface area (Å²) in [6, 6.07) is 13.5. The lowest BCUT2D eigenvalue weighted by atomic mass is 10.1. The van der Waals surface area contributed by atoms with Crippen LogP contribution in [0.4, 0.5) is 8.78 Å². The van der Waals surface area contributed by atoms with E-state index < -0.39 is 0 Å². The molecule has 0 spiro atoms. The van der Waals surface area contributed by atoms with Crippen LogP contribution in [-0.4, -0.2) is 61.9 Å². The summed E-state index contributed by atoms with van der Waals surface area (Å²) < 4.78 is 24.9. The van der Waals surface area contributed by atoms with Gasteiger partial charge in [0.1, 0.15) is 17.4 Å². The third-order valence-corrected chi connectivity index (χ3v) is 5.92. The predicted molar refractivity (Wildman–Crippen MR) is 165 cm³/mol. The van der Waals surface area contributed by atoms with Crippen molar-refractivity contribution in [2.45, 2.75) is 52.2 Å². The van der Waals surface area contributed by atoms with Crippen LogP contribution in [0.2, 0.25) is 0 Å². The van der Waals surface area contributed by atoms with Gasteiger partial charge >= 0.3 is 0 Å². The van der Waals surface area contributed by atoms with Gasteiger partial charge in [-0.3, -0.25) is 4.79 Å². The van der Waals surface area contributed by atoms with Crippen LogP contribution in [0.1, 0.15) is 44.2 Å². The Balaban J connectivity index is 0.000000524. The summed E-state index contributed by atoms with van der Waals surface area (Å²) in [4.78, 5) is 15.1. The molecule has 36 heavy (non-hydrogen) atoms. The van der Waals surface area contributed by atoms with E-state index in [0.29, 0.717) is 18.4 Å². The van der Waals surface area contributed by atoms with E-state index in [-0.39, 0.29) is 19.1 Å². The number of ketones is 1. The van der Waals surface area contributed by atoms with Crippen molar-refractivity contribution in [2.75, 3.05) is 40.3 Å². The molecule has 0 radical (unpaired) electrons. The summed E-state index contributed by atoms with van der Waals surface area (Å²) >= 11 is 4.24. The van der Waals surface area contributed by atoms with Gasteiger partial charge in [-0.15, -0.1) is 0 Å². The smallest absolute Gasteiger partial charge is 0.135 e. The zero-order valence-electron chi connectivity index (χ0n) is 20.7. The summed E-state index contributed by atoms with van der Waals surface area (Å²) in [6.45, 7) is 5.56. The highest BCUT2D eigenvalue weighted by molar-refractivity contribution is 15.0. The highest BCUT2D eigenvalue weighted by Gasteiger charge is 2.15. The van der Waals surface area contributed by atoms with Crippen molar-refractivity contribution in [3.63, 3.8) is 0 Å². The van der Waals surface area contributed by atoms with Gasteiger partial charge in [0.2, 0.25) is 0 Å². The van der Waals surface area contributed by atoms with E-state index in [4.69, 9.17) is 5.73 Å². The number of nitrogens with one attached hydrogen (secondary N) is 1. The minimum Gasteiger partial charge on any atom is -0.326 e. The largest absolute Gasteiger partial charge is 0.326 e. The van der Waals surface area contributed by atoms with Crippen LogP contribution in [0, 0.1) is 11.6 Å². The van der Waals surface area contributed by atoms with Gasteiger partial charge in [0.05, 0.1) is 0 Å². The standard InChI is InChI=1S/C13H19FN2.C7H8FN.C6H11NO.CH4.I2/c1-16-8-6-13(7-9-16)15-10-11-2-4-12(14)5-3-11;8-7-3-1-6(5-9)2-4-7;1-7-4-2-6(8)3-5-7;;1-2/h2-5,13,15H,6-10H2,1H3;1-4H,5,9H2;2-5H2,1H3;1H4;. The molecule has 0 atom stereocenters. The third kappa shape index (κ3) is 16.2. The average Bonchev–Trinajstić information content (AvgIpc) is 2.89. The van der Waals surface area contributed by atoms with Crippen molar-refractivity contribution in [1.82, 2.24) is 15.1 Å². The molecule has 2 aromatic rings. The number of rotatable bonds is 4. The maximum atomic E-state index is 12.7. The molecular weight excluding hydrogens is 688 g/mol. The Labute approximate surface area is 239 Å². The molecule has 2 heterocycles. The van der Waals surface area contributed by atoms with Gasteiger partial charge in [0.25, 0.3) is 0 Å². The van der Waals surface area contributed by atoms with Crippen LogP contribution < -0.4 is 11.1 Å². The Hall–Kier alpha value is -0.730. The molecule has 0 saturated carbocycles. The second-order valence-corrected chi connectivity index (χ2v) is 8.76. The number of piperidine rings is 2. The Morgan fingerprint density at radius 2 is 1.25 bits per heavy atom. The SMILES string of the molecule is C.CN1CCC(=O)CC1.CN1CCC(NCc2ccc(F)cc2)CC1.II.NCc1ccc(F)cc1. The van der Waals surface area contributed by atoms with Crippen molar-refractivity contribution >= 4 is 43.0 Å². The molecule has 0 bridgehead atoms. The molecule has 5 nitrogen and oxygen atoms in total.